The number of hydrogen-bond donors (Lipinski definition) is 1. The number of hydrogen-bond acceptors (Lipinski definition) is 6. The summed E-state index contributed by atoms with van der Waals surface area (Å²) < 4.78 is 28.9. The van der Waals surface area contributed by atoms with Gasteiger partial charge >= 0.3 is 7.60 Å². The van der Waals surface area contributed by atoms with Gasteiger partial charge in [0.1, 0.15) is 0 Å². The number of ether oxygens (including phenoxy) is 1. The number of halogens is 2. The van der Waals surface area contributed by atoms with Crippen molar-refractivity contribution in [3.8, 4) is 11.6 Å². The molecule has 0 unspecified atom stereocenters. The van der Waals surface area contributed by atoms with Gasteiger partial charge in [-0.1, -0.05) is 37.0 Å². The summed E-state index contributed by atoms with van der Waals surface area (Å²) in [7, 11) is -3.16. The molecule has 0 radical (unpaired) electrons. The van der Waals surface area contributed by atoms with Gasteiger partial charge in [0.15, 0.2) is 5.75 Å². The second kappa shape index (κ2) is 10.6. The van der Waals surface area contributed by atoms with Gasteiger partial charge in [-0.25, -0.2) is 5.10 Å². The summed E-state index contributed by atoms with van der Waals surface area (Å²) in [6, 6.07) is 4.92. The third-order valence-corrected chi connectivity index (χ3v) is 6.66. The molecular formula is C19H25Cl2N2O5P. The predicted octanol–water partition coefficient (Wildman–Crippen LogP) is 5.80. The minimum Gasteiger partial charge on any atom is -0.434 e. The van der Waals surface area contributed by atoms with Crippen LogP contribution < -0.4 is 10.3 Å². The van der Waals surface area contributed by atoms with Crippen LogP contribution in [-0.4, -0.2) is 29.6 Å². The van der Waals surface area contributed by atoms with E-state index in [1.54, 1.807) is 32.0 Å². The molecule has 0 bridgehead atoms. The van der Waals surface area contributed by atoms with Crippen molar-refractivity contribution < 1.29 is 18.3 Å². The Morgan fingerprint density at radius 1 is 1.10 bits per heavy atom. The summed E-state index contributed by atoms with van der Waals surface area (Å²) in [6.45, 7) is 7.92. The standard InChI is InChI=1S/C19H25Cl2N2O5P/c1-5-26-29(25,27-6-2)8-7-13-9-15(20)18(16(21)10-13)28-17-11-14(12(3)4)19(24)23-22-17/h9-12H,5-8H2,1-4H3,(H,23,24). The van der Waals surface area contributed by atoms with Crippen molar-refractivity contribution >= 4 is 30.8 Å². The number of nitrogens with zero attached hydrogens (tertiary/aromatic N) is 1. The summed E-state index contributed by atoms with van der Waals surface area (Å²) in [5.41, 5.74) is 1.04. The van der Waals surface area contributed by atoms with Crippen LogP contribution in [0.4, 0.5) is 0 Å². The molecule has 2 aromatic rings. The Hall–Kier alpha value is -1.37. The molecule has 1 heterocycles. The molecule has 0 fully saturated rings. The Bertz CT molecular complexity index is 915. The quantitative estimate of drug-likeness (QED) is 0.448. The fourth-order valence-electron chi connectivity index (χ4n) is 2.67. The van der Waals surface area contributed by atoms with Crippen molar-refractivity contribution in [3.05, 3.63) is 49.7 Å². The van der Waals surface area contributed by atoms with E-state index in [1.807, 2.05) is 13.8 Å². The summed E-state index contributed by atoms with van der Waals surface area (Å²) in [5.74, 6) is 0.412. The smallest absolute Gasteiger partial charge is 0.330 e. The van der Waals surface area contributed by atoms with Gasteiger partial charge in [-0.3, -0.25) is 9.36 Å². The first-order valence-electron chi connectivity index (χ1n) is 9.32. The molecule has 0 amide bonds. The molecule has 0 aliphatic rings. The van der Waals surface area contributed by atoms with Crippen molar-refractivity contribution in [2.75, 3.05) is 19.4 Å². The first-order chi connectivity index (χ1) is 13.7. The minimum absolute atomic E-state index is 0.00351. The molecule has 0 spiro atoms. The first-order valence-corrected chi connectivity index (χ1v) is 11.8. The van der Waals surface area contributed by atoms with Gasteiger partial charge in [0.05, 0.1) is 29.4 Å². The normalized spacial score (nSPS) is 11.8. The number of benzene rings is 1. The maximum Gasteiger partial charge on any atom is 0.330 e. The lowest BCUT2D eigenvalue weighted by molar-refractivity contribution is 0.220. The highest BCUT2D eigenvalue weighted by molar-refractivity contribution is 7.53. The number of rotatable bonds is 10. The average molecular weight is 463 g/mol. The molecule has 1 aromatic carbocycles. The third kappa shape index (κ3) is 6.56. The second-order valence-corrected chi connectivity index (χ2v) is 9.56. The molecule has 10 heteroatoms. The Morgan fingerprint density at radius 2 is 1.69 bits per heavy atom. The topological polar surface area (TPSA) is 90.5 Å². The van der Waals surface area contributed by atoms with Gasteiger partial charge < -0.3 is 13.8 Å². The molecule has 29 heavy (non-hydrogen) atoms. The zero-order chi connectivity index (χ0) is 21.6. The van der Waals surface area contributed by atoms with Gasteiger partial charge in [-0.05, 0) is 43.9 Å². The molecule has 7 nitrogen and oxygen atoms in total. The van der Waals surface area contributed by atoms with Crippen LogP contribution in [0.5, 0.6) is 11.6 Å². The lowest BCUT2D eigenvalue weighted by Gasteiger charge is -2.17. The summed E-state index contributed by atoms with van der Waals surface area (Å²) >= 11 is 12.7. The maximum atomic E-state index is 12.6. The van der Waals surface area contributed by atoms with Gasteiger partial charge in [0.25, 0.3) is 5.56 Å². The van der Waals surface area contributed by atoms with E-state index in [0.29, 0.717) is 25.2 Å². The Balaban J connectivity index is 2.20. The van der Waals surface area contributed by atoms with E-state index in [-0.39, 0.29) is 39.3 Å². The molecule has 1 aromatic heterocycles. The predicted molar refractivity (Wildman–Crippen MR) is 115 cm³/mol. The number of aromatic amines is 1. The van der Waals surface area contributed by atoms with Crippen molar-refractivity contribution in [1.82, 2.24) is 10.2 Å². The molecule has 2 rings (SSSR count). The van der Waals surface area contributed by atoms with Crippen LogP contribution in [0.15, 0.2) is 23.0 Å². The number of aromatic nitrogens is 2. The molecule has 160 valence electrons. The fraction of sp³-hybridized carbons (Fsp3) is 0.474. The minimum atomic E-state index is -3.16. The second-order valence-electron chi connectivity index (χ2n) is 6.56. The van der Waals surface area contributed by atoms with E-state index in [1.165, 1.54) is 0 Å². The van der Waals surface area contributed by atoms with Crippen LogP contribution in [0.25, 0.3) is 0 Å². The van der Waals surface area contributed by atoms with Crippen LogP contribution in [0.1, 0.15) is 44.7 Å². The first kappa shape index (κ1) is 23.9. The number of H-pyrrole nitrogens is 1. The maximum absolute atomic E-state index is 12.6. The highest BCUT2D eigenvalue weighted by Crippen LogP contribution is 2.48. The Labute approximate surface area is 180 Å². The molecule has 0 saturated carbocycles. The molecule has 0 atom stereocenters. The van der Waals surface area contributed by atoms with Crippen molar-refractivity contribution in [3.63, 3.8) is 0 Å². The highest BCUT2D eigenvalue weighted by atomic mass is 35.5. The summed E-state index contributed by atoms with van der Waals surface area (Å²) in [5, 5.41) is 6.83. The SMILES string of the molecule is CCOP(=O)(CCc1cc(Cl)c(Oc2cc(C(C)C)c(=O)[nH]n2)c(Cl)c1)OCC. The van der Waals surface area contributed by atoms with Gasteiger partial charge in [-0.2, -0.15) is 0 Å². The van der Waals surface area contributed by atoms with E-state index >= 15 is 0 Å². The Kier molecular flexibility index (Phi) is 8.73. The lowest BCUT2D eigenvalue weighted by atomic mass is 10.1. The summed E-state index contributed by atoms with van der Waals surface area (Å²) in [4.78, 5) is 11.8. The summed E-state index contributed by atoms with van der Waals surface area (Å²) in [6.07, 6.45) is 0.617. The monoisotopic (exact) mass is 462 g/mol. The van der Waals surface area contributed by atoms with Gasteiger partial charge in [-0.15, -0.1) is 5.10 Å². The number of nitrogens with one attached hydrogen (secondary N) is 1. The molecule has 0 aliphatic carbocycles. The van der Waals surface area contributed by atoms with E-state index in [9.17, 15) is 9.36 Å². The Morgan fingerprint density at radius 3 is 2.21 bits per heavy atom. The van der Waals surface area contributed by atoms with Crippen molar-refractivity contribution in [2.24, 2.45) is 0 Å². The zero-order valence-electron chi connectivity index (χ0n) is 16.8. The third-order valence-electron chi connectivity index (χ3n) is 4.02. The number of aryl methyl sites for hydroxylation is 1. The van der Waals surface area contributed by atoms with Crippen LogP contribution >= 0.6 is 30.8 Å². The van der Waals surface area contributed by atoms with Crippen LogP contribution in [0, 0.1) is 0 Å². The van der Waals surface area contributed by atoms with Crippen LogP contribution in [-0.2, 0) is 20.0 Å². The van der Waals surface area contributed by atoms with Gasteiger partial charge in [0, 0.05) is 11.6 Å². The molecular weight excluding hydrogens is 438 g/mol. The largest absolute Gasteiger partial charge is 0.434 e. The van der Waals surface area contributed by atoms with Gasteiger partial charge in [0.2, 0.25) is 5.88 Å². The van der Waals surface area contributed by atoms with Crippen molar-refractivity contribution in [1.29, 1.82) is 0 Å². The van der Waals surface area contributed by atoms with E-state index in [2.05, 4.69) is 10.2 Å². The van der Waals surface area contributed by atoms with Crippen LogP contribution in [0.2, 0.25) is 10.0 Å². The van der Waals surface area contributed by atoms with E-state index < -0.39 is 7.60 Å². The average Bonchev–Trinajstić information content (AvgIpc) is 2.64. The van der Waals surface area contributed by atoms with Crippen molar-refractivity contribution in [2.45, 2.75) is 40.0 Å². The highest BCUT2D eigenvalue weighted by Gasteiger charge is 2.23. The van der Waals surface area contributed by atoms with Crippen LogP contribution in [0.3, 0.4) is 0 Å². The molecule has 1 N–H and O–H groups in total. The lowest BCUT2D eigenvalue weighted by Crippen LogP contribution is -2.15. The molecule has 0 aliphatic heterocycles. The zero-order valence-corrected chi connectivity index (χ0v) is 19.2. The molecule has 0 saturated heterocycles. The fourth-order valence-corrected chi connectivity index (χ4v) is 4.93. The van der Waals surface area contributed by atoms with E-state index in [0.717, 1.165) is 5.56 Å². The van der Waals surface area contributed by atoms with E-state index in [4.69, 9.17) is 37.0 Å².